The summed E-state index contributed by atoms with van der Waals surface area (Å²) in [4.78, 5) is 4.10. The summed E-state index contributed by atoms with van der Waals surface area (Å²) >= 11 is 0. The minimum absolute atomic E-state index is 0.137. The smallest absolute Gasteiger partial charge is 0.256 e. The van der Waals surface area contributed by atoms with Crippen LogP contribution in [0.25, 0.3) is 0 Å². The van der Waals surface area contributed by atoms with Crippen LogP contribution in [0, 0.1) is 6.92 Å². The van der Waals surface area contributed by atoms with Gasteiger partial charge in [0.2, 0.25) is 0 Å². The Morgan fingerprint density at radius 2 is 2.08 bits per heavy atom. The van der Waals surface area contributed by atoms with E-state index in [1.54, 1.807) is 13.3 Å². The van der Waals surface area contributed by atoms with E-state index < -0.39 is 0 Å². The van der Waals surface area contributed by atoms with Gasteiger partial charge in [0, 0.05) is 6.20 Å². The first-order valence-electron chi connectivity index (χ1n) is 4.30. The summed E-state index contributed by atoms with van der Waals surface area (Å²) in [5, 5.41) is 0. The van der Waals surface area contributed by atoms with E-state index >= 15 is 0 Å². The second-order valence-corrected chi connectivity index (χ2v) is 3.19. The third-order valence-electron chi connectivity index (χ3n) is 1.51. The van der Waals surface area contributed by atoms with Gasteiger partial charge in [0.1, 0.15) is 0 Å². The van der Waals surface area contributed by atoms with Crippen molar-refractivity contribution in [3.05, 3.63) is 17.8 Å². The van der Waals surface area contributed by atoms with Gasteiger partial charge in [-0.3, -0.25) is 0 Å². The molecule has 0 unspecified atom stereocenters. The molecule has 0 fully saturated rings. The molecule has 0 aliphatic carbocycles. The number of hydrogen-bond donors (Lipinski definition) is 0. The van der Waals surface area contributed by atoms with Crippen LogP contribution < -0.4 is 9.47 Å². The molecular weight excluding hydrogens is 166 g/mol. The number of aryl methyl sites for hydroxylation is 1. The fourth-order valence-corrected chi connectivity index (χ4v) is 1.02. The summed E-state index contributed by atoms with van der Waals surface area (Å²) in [6.07, 6.45) is 1.89. The Hall–Kier alpha value is -1.25. The zero-order valence-electron chi connectivity index (χ0n) is 8.50. The molecule has 0 radical (unpaired) electrons. The molecule has 72 valence electrons. The molecule has 0 amide bonds. The Labute approximate surface area is 78.7 Å². The van der Waals surface area contributed by atoms with Crippen LogP contribution >= 0.6 is 0 Å². The summed E-state index contributed by atoms with van der Waals surface area (Å²) in [6, 6.07) is 1.92. The fourth-order valence-electron chi connectivity index (χ4n) is 1.02. The summed E-state index contributed by atoms with van der Waals surface area (Å²) in [5.74, 6) is 1.25. The highest BCUT2D eigenvalue weighted by molar-refractivity contribution is 5.35. The monoisotopic (exact) mass is 181 g/mol. The molecular formula is C10H15NO2. The van der Waals surface area contributed by atoms with Crippen LogP contribution in [-0.2, 0) is 0 Å². The van der Waals surface area contributed by atoms with Crippen LogP contribution in [0.3, 0.4) is 0 Å². The highest BCUT2D eigenvalue weighted by atomic mass is 16.5. The van der Waals surface area contributed by atoms with E-state index in [4.69, 9.17) is 9.47 Å². The van der Waals surface area contributed by atoms with E-state index in [9.17, 15) is 0 Å². The van der Waals surface area contributed by atoms with Gasteiger partial charge >= 0.3 is 0 Å². The topological polar surface area (TPSA) is 31.4 Å². The van der Waals surface area contributed by atoms with Crippen LogP contribution in [0.4, 0.5) is 0 Å². The van der Waals surface area contributed by atoms with Gasteiger partial charge in [-0.2, -0.15) is 0 Å². The lowest BCUT2D eigenvalue weighted by molar-refractivity contribution is 0.227. The van der Waals surface area contributed by atoms with Crippen molar-refractivity contribution in [3.8, 4) is 11.6 Å². The number of methoxy groups -OCH3 is 1. The van der Waals surface area contributed by atoms with Crippen LogP contribution in [-0.4, -0.2) is 18.2 Å². The van der Waals surface area contributed by atoms with Gasteiger partial charge in [-0.25, -0.2) is 4.98 Å². The molecule has 1 aromatic heterocycles. The molecule has 1 aromatic rings. The second kappa shape index (κ2) is 4.12. The van der Waals surface area contributed by atoms with Gasteiger partial charge in [0.25, 0.3) is 5.88 Å². The predicted octanol–water partition coefficient (Wildman–Crippen LogP) is 2.19. The van der Waals surface area contributed by atoms with Gasteiger partial charge in [0.05, 0.1) is 13.2 Å². The van der Waals surface area contributed by atoms with Crippen molar-refractivity contribution in [3.63, 3.8) is 0 Å². The lowest BCUT2D eigenvalue weighted by Crippen LogP contribution is -2.07. The van der Waals surface area contributed by atoms with E-state index in [1.807, 2.05) is 26.8 Å². The van der Waals surface area contributed by atoms with Gasteiger partial charge in [-0.15, -0.1) is 0 Å². The summed E-state index contributed by atoms with van der Waals surface area (Å²) in [6.45, 7) is 5.92. The molecule has 0 aliphatic rings. The van der Waals surface area contributed by atoms with E-state index in [-0.39, 0.29) is 6.10 Å². The summed E-state index contributed by atoms with van der Waals surface area (Å²) in [5.41, 5.74) is 1.07. The van der Waals surface area contributed by atoms with Crippen molar-refractivity contribution in [2.24, 2.45) is 0 Å². The first-order valence-corrected chi connectivity index (χ1v) is 4.30. The van der Waals surface area contributed by atoms with E-state index in [1.165, 1.54) is 0 Å². The van der Waals surface area contributed by atoms with Crippen molar-refractivity contribution < 1.29 is 9.47 Å². The standard InChI is InChI=1S/C10H15NO2/c1-7(2)13-9-5-8(3)6-11-10(9)12-4/h5-7H,1-4H3. The zero-order valence-corrected chi connectivity index (χ0v) is 8.50. The molecule has 3 nitrogen and oxygen atoms in total. The fraction of sp³-hybridized carbons (Fsp3) is 0.500. The molecule has 0 N–H and O–H groups in total. The van der Waals surface area contributed by atoms with Gasteiger partial charge in [-0.05, 0) is 32.4 Å². The Balaban J connectivity index is 2.94. The van der Waals surface area contributed by atoms with E-state index in [2.05, 4.69) is 4.98 Å². The third-order valence-corrected chi connectivity index (χ3v) is 1.51. The van der Waals surface area contributed by atoms with Crippen LogP contribution in [0.15, 0.2) is 12.3 Å². The highest BCUT2D eigenvalue weighted by Gasteiger charge is 2.07. The van der Waals surface area contributed by atoms with Crippen molar-refractivity contribution in [2.45, 2.75) is 26.9 Å². The van der Waals surface area contributed by atoms with Crippen molar-refractivity contribution >= 4 is 0 Å². The molecule has 0 saturated heterocycles. The largest absolute Gasteiger partial charge is 0.485 e. The number of nitrogens with zero attached hydrogens (tertiary/aromatic N) is 1. The van der Waals surface area contributed by atoms with Crippen molar-refractivity contribution in [1.29, 1.82) is 0 Å². The van der Waals surface area contributed by atoms with Crippen molar-refractivity contribution in [1.82, 2.24) is 4.98 Å². The lowest BCUT2D eigenvalue weighted by atomic mass is 10.3. The summed E-state index contributed by atoms with van der Waals surface area (Å²) in [7, 11) is 1.59. The quantitative estimate of drug-likeness (QED) is 0.716. The Morgan fingerprint density at radius 3 is 2.62 bits per heavy atom. The second-order valence-electron chi connectivity index (χ2n) is 3.19. The number of hydrogen-bond acceptors (Lipinski definition) is 3. The van der Waals surface area contributed by atoms with Gasteiger partial charge in [-0.1, -0.05) is 0 Å². The minimum Gasteiger partial charge on any atom is -0.485 e. The Morgan fingerprint density at radius 1 is 1.38 bits per heavy atom. The minimum atomic E-state index is 0.137. The number of rotatable bonds is 3. The molecule has 0 spiro atoms. The third kappa shape index (κ3) is 2.61. The average molecular weight is 181 g/mol. The van der Waals surface area contributed by atoms with Crippen LogP contribution in [0.2, 0.25) is 0 Å². The van der Waals surface area contributed by atoms with Gasteiger partial charge in [0.15, 0.2) is 5.75 Å². The molecule has 0 saturated carbocycles. The maximum absolute atomic E-state index is 5.53. The highest BCUT2D eigenvalue weighted by Crippen LogP contribution is 2.25. The molecule has 0 atom stereocenters. The maximum Gasteiger partial charge on any atom is 0.256 e. The number of ether oxygens (including phenoxy) is 2. The molecule has 0 aliphatic heterocycles. The normalized spacial score (nSPS) is 10.2. The molecule has 3 heteroatoms. The van der Waals surface area contributed by atoms with Crippen LogP contribution in [0.1, 0.15) is 19.4 Å². The van der Waals surface area contributed by atoms with Crippen molar-refractivity contribution in [2.75, 3.05) is 7.11 Å². The van der Waals surface area contributed by atoms with E-state index in [0.717, 1.165) is 5.56 Å². The predicted molar refractivity (Wildman–Crippen MR) is 51.3 cm³/mol. The SMILES string of the molecule is COc1ncc(C)cc1OC(C)C. The maximum atomic E-state index is 5.53. The Kier molecular flexibility index (Phi) is 3.12. The summed E-state index contributed by atoms with van der Waals surface area (Å²) < 4.78 is 10.6. The average Bonchev–Trinajstić information content (AvgIpc) is 2.03. The number of pyridine rings is 1. The zero-order chi connectivity index (χ0) is 9.84. The molecule has 13 heavy (non-hydrogen) atoms. The first kappa shape index (κ1) is 9.84. The Bertz CT molecular complexity index is 284. The van der Waals surface area contributed by atoms with E-state index in [0.29, 0.717) is 11.6 Å². The number of aromatic nitrogens is 1. The lowest BCUT2D eigenvalue weighted by Gasteiger charge is -2.12. The molecule has 0 aromatic carbocycles. The van der Waals surface area contributed by atoms with Gasteiger partial charge < -0.3 is 9.47 Å². The first-order chi connectivity index (χ1) is 6.13. The van der Waals surface area contributed by atoms with Crippen LogP contribution in [0.5, 0.6) is 11.6 Å². The molecule has 0 bridgehead atoms. The molecule has 1 heterocycles. The molecule has 1 rings (SSSR count).